The number of rotatable bonds is 5. The number of piperazine rings is 1. The molecule has 0 aromatic heterocycles. The van der Waals surface area contributed by atoms with Crippen molar-refractivity contribution in [2.45, 2.75) is 32.0 Å². The zero-order chi connectivity index (χ0) is 18.5. The third-order valence-electron chi connectivity index (χ3n) is 6.02. The van der Waals surface area contributed by atoms with Gasteiger partial charge in [-0.1, -0.05) is 42.5 Å². The second kappa shape index (κ2) is 8.96. The second-order valence-electron chi connectivity index (χ2n) is 7.93. The highest BCUT2D eigenvalue weighted by molar-refractivity contribution is 5.16. The molecule has 2 aliphatic heterocycles. The maximum Gasteiger partial charge on any atom is 0.123 e. The van der Waals surface area contributed by atoms with Gasteiger partial charge in [-0.3, -0.25) is 14.7 Å². The molecule has 27 heavy (non-hydrogen) atoms. The molecule has 0 unspecified atom stereocenters. The summed E-state index contributed by atoms with van der Waals surface area (Å²) < 4.78 is 13.4. The zero-order valence-corrected chi connectivity index (χ0v) is 16.1. The lowest BCUT2D eigenvalue weighted by Crippen LogP contribution is -2.52. The fraction of sp³-hybridized carbons (Fsp3) is 0.478. The Kier molecular flexibility index (Phi) is 6.17. The molecule has 0 amide bonds. The van der Waals surface area contributed by atoms with E-state index in [9.17, 15) is 4.39 Å². The largest absolute Gasteiger partial charge is 0.299 e. The van der Waals surface area contributed by atoms with Crippen LogP contribution >= 0.6 is 0 Å². The summed E-state index contributed by atoms with van der Waals surface area (Å²) in [4.78, 5) is 7.73. The van der Waals surface area contributed by atoms with Crippen molar-refractivity contribution < 1.29 is 4.39 Å². The molecule has 0 bridgehead atoms. The molecule has 0 atom stereocenters. The van der Waals surface area contributed by atoms with Gasteiger partial charge in [0, 0.05) is 45.3 Å². The van der Waals surface area contributed by atoms with E-state index in [4.69, 9.17) is 0 Å². The van der Waals surface area contributed by atoms with Crippen LogP contribution in [0.5, 0.6) is 0 Å². The van der Waals surface area contributed by atoms with Crippen LogP contribution in [0.3, 0.4) is 0 Å². The van der Waals surface area contributed by atoms with Gasteiger partial charge in [0.15, 0.2) is 0 Å². The Labute approximate surface area is 162 Å². The number of nitrogens with zero attached hydrogens (tertiary/aromatic N) is 3. The van der Waals surface area contributed by atoms with Gasteiger partial charge in [-0.2, -0.15) is 0 Å². The van der Waals surface area contributed by atoms with Crippen molar-refractivity contribution in [2.24, 2.45) is 0 Å². The van der Waals surface area contributed by atoms with Crippen LogP contribution in [0.25, 0.3) is 0 Å². The van der Waals surface area contributed by atoms with Crippen molar-refractivity contribution in [3.05, 3.63) is 71.5 Å². The Balaban J connectivity index is 1.20. The molecule has 0 N–H and O–H groups in total. The predicted octanol–water partition coefficient (Wildman–Crippen LogP) is 3.61. The molecule has 2 heterocycles. The number of hydrogen-bond donors (Lipinski definition) is 0. The number of halogens is 1. The molecule has 3 nitrogen and oxygen atoms in total. The first kappa shape index (κ1) is 18.6. The van der Waals surface area contributed by atoms with Crippen molar-refractivity contribution in [2.75, 3.05) is 39.3 Å². The van der Waals surface area contributed by atoms with E-state index in [0.29, 0.717) is 0 Å². The van der Waals surface area contributed by atoms with Gasteiger partial charge in [-0.05, 0) is 49.2 Å². The fourth-order valence-corrected chi connectivity index (χ4v) is 4.46. The first-order valence-corrected chi connectivity index (χ1v) is 10.2. The summed E-state index contributed by atoms with van der Waals surface area (Å²) in [5.41, 5.74) is 2.50. The minimum atomic E-state index is -0.131. The van der Waals surface area contributed by atoms with Crippen molar-refractivity contribution in [1.82, 2.24) is 14.7 Å². The molecular formula is C23H30FN3. The quantitative estimate of drug-likeness (QED) is 0.799. The minimum absolute atomic E-state index is 0.131. The highest BCUT2D eigenvalue weighted by atomic mass is 19.1. The van der Waals surface area contributed by atoms with E-state index in [2.05, 4.69) is 45.0 Å². The van der Waals surface area contributed by atoms with Crippen molar-refractivity contribution in [1.29, 1.82) is 0 Å². The smallest absolute Gasteiger partial charge is 0.123 e. The zero-order valence-electron chi connectivity index (χ0n) is 16.1. The third kappa shape index (κ3) is 5.16. The normalized spacial score (nSPS) is 20.8. The van der Waals surface area contributed by atoms with Gasteiger partial charge >= 0.3 is 0 Å². The summed E-state index contributed by atoms with van der Waals surface area (Å²) in [5.74, 6) is -0.131. The molecule has 2 aromatic carbocycles. The average Bonchev–Trinajstić information content (AvgIpc) is 2.70. The summed E-state index contributed by atoms with van der Waals surface area (Å²) in [5, 5.41) is 0. The number of piperidine rings is 1. The fourth-order valence-electron chi connectivity index (χ4n) is 4.46. The van der Waals surface area contributed by atoms with E-state index in [0.717, 1.165) is 50.9 Å². The Morgan fingerprint density at radius 1 is 0.704 bits per heavy atom. The molecule has 0 aliphatic carbocycles. The second-order valence-corrected chi connectivity index (χ2v) is 7.93. The maximum absolute atomic E-state index is 13.4. The minimum Gasteiger partial charge on any atom is -0.299 e. The Hall–Kier alpha value is -1.75. The SMILES string of the molecule is Fc1cccc(CN2CCN(C3CCN(Cc4ccccc4)CC3)CC2)c1. The van der Waals surface area contributed by atoms with Gasteiger partial charge in [0.2, 0.25) is 0 Å². The molecule has 4 rings (SSSR count). The van der Waals surface area contributed by atoms with Crippen LogP contribution in [0.4, 0.5) is 4.39 Å². The van der Waals surface area contributed by atoms with Crippen molar-refractivity contribution in [3.8, 4) is 0 Å². The molecule has 0 spiro atoms. The molecule has 0 saturated carbocycles. The van der Waals surface area contributed by atoms with Gasteiger partial charge in [-0.25, -0.2) is 4.39 Å². The molecule has 2 fully saturated rings. The van der Waals surface area contributed by atoms with Gasteiger partial charge in [0.1, 0.15) is 5.82 Å². The lowest BCUT2D eigenvalue weighted by molar-refractivity contribution is 0.0550. The summed E-state index contributed by atoms with van der Waals surface area (Å²) in [7, 11) is 0. The van der Waals surface area contributed by atoms with E-state index < -0.39 is 0 Å². The van der Waals surface area contributed by atoms with Crippen LogP contribution < -0.4 is 0 Å². The highest BCUT2D eigenvalue weighted by Crippen LogP contribution is 2.20. The van der Waals surface area contributed by atoms with E-state index >= 15 is 0 Å². The van der Waals surface area contributed by atoms with Crippen LogP contribution in [0, 0.1) is 5.82 Å². The van der Waals surface area contributed by atoms with Gasteiger partial charge in [-0.15, -0.1) is 0 Å². The van der Waals surface area contributed by atoms with Crippen LogP contribution in [0.15, 0.2) is 54.6 Å². The first-order valence-electron chi connectivity index (χ1n) is 10.2. The Morgan fingerprint density at radius 2 is 1.33 bits per heavy atom. The first-order chi connectivity index (χ1) is 13.3. The van der Waals surface area contributed by atoms with Crippen LogP contribution in [0.1, 0.15) is 24.0 Å². The van der Waals surface area contributed by atoms with Gasteiger partial charge in [0.05, 0.1) is 0 Å². The highest BCUT2D eigenvalue weighted by Gasteiger charge is 2.27. The van der Waals surface area contributed by atoms with Gasteiger partial charge < -0.3 is 0 Å². The standard InChI is InChI=1S/C23H30FN3/c24-22-8-4-7-21(17-22)19-26-13-15-27(16-14-26)23-9-11-25(12-10-23)18-20-5-2-1-3-6-20/h1-8,17,23H,9-16,18-19H2. The number of likely N-dealkylation sites (tertiary alicyclic amines) is 1. The number of benzene rings is 2. The Morgan fingerprint density at radius 3 is 2.04 bits per heavy atom. The maximum atomic E-state index is 13.4. The summed E-state index contributed by atoms with van der Waals surface area (Å²) in [6.45, 7) is 8.78. The Bertz CT molecular complexity index is 705. The van der Waals surface area contributed by atoms with Crippen molar-refractivity contribution in [3.63, 3.8) is 0 Å². The monoisotopic (exact) mass is 367 g/mol. The lowest BCUT2D eigenvalue weighted by Gasteiger charge is -2.42. The molecule has 2 aliphatic rings. The van der Waals surface area contributed by atoms with E-state index in [1.165, 1.54) is 37.6 Å². The van der Waals surface area contributed by atoms with E-state index in [1.807, 2.05) is 12.1 Å². The van der Waals surface area contributed by atoms with Gasteiger partial charge in [0.25, 0.3) is 0 Å². The van der Waals surface area contributed by atoms with Crippen LogP contribution in [0.2, 0.25) is 0 Å². The molecule has 0 radical (unpaired) electrons. The lowest BCUT2D eigenvalue weighted by atomic mass is 10.0. The topological polar surface area (TPSA) is 9.72 Å². The van der Waals surface area contributed by atoms with E-state index in [1.54, 1.807) is 6.07 Å². The van der Waals surface area contributed by atoms with E-state index in [-0.39, 0.29) is 5.82 Å². The molecular weight excluding hydrogens is 337 g/mol. The van der Waals surface area contributed by atoms with Crippen LogP contribution in [-0.2, 0) is 13.1 Å². The summed E-state index contributed by atoms with van der Waals surface area (Å²) in [6, 6.07) is 18.5. The average molecular weight is 368 g/mol. The molecule has 2 aromatic rings. The predicted molar refractivity (Wildman–Crippen MR) is 108 cm³/mol. The van der Waals surface area contributed by atoms with Crippen LogP contribution in [-0.4, -0.2) is 60.0 Å². The number of hydrogen-bond acceptors (Lipinski definition) is 3. The molecule has 4 heteroatoms. The molecule has 2 saturated heterocycles. The molecule has 144 valence electrons. The van der Waals surface area contributed by atoms with Crippen molar-refractivity contribution >= 4 is 0 Å². The summed E-state index contributed by atoms with van der Waals surface area (Å²) >= 11 is 0. The summed E-state index contributed by atoms with van der Waals surface area (Å²) in [6.07, 6.45) is 2.55. The third-order valence-corrected chi connectivity index (χ3v) is 6.02.